The zero-order chi connectivity index (χ0) is 24.6. The maximum Gasteiger partial charge on any atom is 0.339 e. The minimum atomic E-state index is -0.380. The first-order chi connectivity index (χ1) is 17.6. The van der Waals surface area contributed by atoms with Gasteiger partial charge in [-0.1, -0.05) is 24.3 Å². The lowest BCUT2D eigenvalue weighted by atomic mass is 9.99. The second-order valence-electron chi connectivity index (χ2n) is 9.84. The first-order valence-corrected chi connectivity index (χ1v) is 12.6. The monoisotopic (exact) mass is 486 g/mol. The van der Waals surface area contributed by atoms with Crippen molar-refractivity contribution in [1.82, 2.24) is 14.8 Å². The Morgan fingerprint density at radius 1 is 1.08 bits per heavy atom. The molecule has 0 saturated carbocycles. The van der Waals surface area contributed by atoms with E-state index >= 15 is 0 Å². The van der Waals surface area contributed by atoms with Crippen LogP contribution in [0, 0.1) is 0 Å². The van der Waals surface area contributed by atoms with Crippen LogP contribution in [0.3, 0.4) is 0 Å². The van der Waals surface area contributed by atoms with Gasteiger partial charge in [0.15, 0.2) is 0 Å². The summed E-state index contributed by atoms with van der Waals surface area (Å²) in [6.45, 7) is 2.68. The van der Waals surface area contributed by atoms with E-state index in [9.17, 15) is 9.59 Å². The molecule has 6 rings (SSSR count). The number of carbonyl (C=O) groups excluding carboxylic acids is 2. The summed E-state index contributed by atoms with van der Waals surface area (Å²) in [5.41, 5.74) is 2.60. The number of nitrogens with zero attached hydrogens (tertiary/aromatic N) is 4. The zero-order valence-electron chi connectivity index (χ0n) is 20.4. The number of likely N-dealkylation sites (tertiary alicyclic amines) is 1. The highest BCUT2D eigenvalue weighted by Gasteiger charge is 2.41. The average molecular weight is 487 g/mol. The Hall–Kier alpha value is -3.65. The Labute approximate surface area is 210 Å². The van der Waals surface area contributed by atoms with Gasteiger partial charge in [0, 0.05) is 49.0 Å². The van der Waals surface area contributed by atoms with Crippen LogP contribution in [0.1, 0.15) is 41.2 Å². The number of aromatic nitrogens is 1. The van der Waals surface area contributed by atoms with Crippen molar-refractivity contribution in [2.75, 3.05) is 38.2 Å². The number of rotatable bonds is 5. The number of methoxy groups -OCH3 is 1. The molecule has 8 heteroatoms. The maximum absolute atomic E-state index is 13.6. The molecule has 0 N–H and O–H groups in total. The summed E-state index contributed by atoms with van der Waals surface area (Å²) in [4.78, 5) is 36.5. The van der Waals surface area contributed by atoms with Gasteiger partial charge in [-0.3, -0.25) is 9.69 Å². The van der Waals surface area contributed by atoms with Crippen molar-refractivity contribution in [1.29, 1.82) is 0 Å². The highest BCUT2D eigenvalue weighted by Crippen LogP contribution is 2.38. The van der Waals surface area contributed by atoms with E-state index in [2.05, 4.69) is 39.1 Å². The van der Waals surface area contributed by atoms with Crippen LogP contribution in [-0.2, 0) is 9.53 Å². The van der Waals surface area contributed by atoms with Crippen LogP contribution in [-0.4, -0.2) is 72.0 Å². The topological polar surface area (TPSA) is 79.1 Å². The Kier molecular flexibility index (Phi) is 5.97. The van der Waals surface area contributed by atoms with Crippen molar-refractivity contribution in [3.63, 3.8) is 0 Å². The second kappa shape index (κ2) is 9.43. The molecule has 1 aromatic rings. The van der Waals surface area contributed by atoms with Gasteiger partial charge in [0.2, 0.25) is 5.91 Å². The molecule has 1 aromatic heterocycles. The smallest absolute Gasteiger partial charge is 0.339 e. The van der Waals surface area contributed by atoms with Crippen LogP contribution in [0.25, 0.3) is 11.3 Å². The number of fused-ring (bicyclic) bond motifs is 3. The van der Waals surface area contributed by atoms with Gasteiger partial charge in [-0.05, 0) is 43.5 Å². The number of ether oxygens (including phenoxy) is 1. The van der Waals surface area contributed by atoms with Crippen molar-refractivity contribution in [2.24, 2.45) is 0 Å². The van der Waals surface area contributed by atoms with Crippen LogP contribution in [0.2, 0.25) is 0 Å². The molecule has 4 aliphatic heterocycles. The fourth-order valence-corrected chi connectivity index (χ4v) is 6.07. The van der Waals surface area contributed by atoms with Gasteiger partial charge in [-0.15, -0.1) is 0 Å². The molecule has 36 heavy (non-hydrogen) atoms. The molecule has 2 saturated heterocycles. The van der Waals surface area contributed by atoms with Crippen LogP contribution in [0.5, 0.6) is 0 Å². The lowest BCUT2D eigenvalue weighted by Crippen LogP contribution is -2.56. The third kappa shape index (κ3) is 4.05. The van der Waals surface area contributed by atoms with Crippen LogP contribution in [0.15, 0.2) is 65.4 Å². The Balaban J connectivity index is 1.14. The first kappa shape index (κ1) is 22.8. The van der Waals surface area contributed by atoms with Gasteiger partial charge < -0.3 is 19.0 Å². The summed E-state index contributed by atoms with van der Waals surface area (Å²) >= 11 is 0. The first-order valence-electron chi connectivity index (χ1n) is 12.6. The Bertz CT molecular complexity index is 1240. The Morgan fingerprint density at radius 3 is 2.67 bits per heavy atom. The molecule has 3 atom stereocenters. The summed E-state index contributed by atoms with van der Waals surface area (Å²) in [6, 6.07) is 12.4. The minimum absolute atomic E-state index is 0.0123. The van der Waals surface area contributed by atoms with E-state index in [1.165, 1.54) is 7.11 Å². The van der Waals surface area contributed by atoms with Crippen molar-refractivity contribution >= 4 is 17.7 Å². The van der Waals surface area contributed by atoms with E-state index in [1.807, 2.05) is 23.1 Å². The molecule has 186 valence electrons. The predicted octanol–water partition coefficient (Wildman–Crippen LogP) is 3.75. The largest absolute Gasteiger partial charge is 0.465 e. The summed E-state index contributed by atoms with van der Waals surface area (Å²) in [7, 11) is 1.37. The summed E-state index contributed by atoms with van der Waals surface area (Å²) < 4.78 is 10.6. The number of carbonyl (C=O) groups is 2. The van der Waals surface area contributed by atoms with Crippen molar-refractivity contribution < 1.29 is 18.7 Å². The van der Waals surface area contributed by atoms with Gasteiger partial charge in [0.05, 0.1) is 31.5 Å². The number of hydrogen-bond acceptors (Lipinski definition) is 7. The normalized spacial score (nSPS) is 23.9. The van der Waals surface area contributed by atoms with E-state index in [-0.39, 0.29) is 17.9 Å². The third-order valence-corrected chi connectivity index (χ3v) is 7.74. The number of amides is 1. The van der Waals surface area contributed by atoms with Crippen LogP contribution in [0.4, 0.5) is 5.82 Å². The molecule has 0 radical (unpaired) electrons. The highest BCUT2D eigenvalue weighted by atomic mass is 16.5. The fraction of sp³-hybridized carbons (Fsp3) is 0.393. The van der Waals surface area contributed by atoms with E-state index in [0.29, 0.717) is 30.7 Å². The van der Waals surface area contributed by atoms with E-state index in [0.717, 1.165) is 55.1 Å². The molecule has 5 heterocycles. The molecule has 0 aromatic carbocycles. The zero-order valence-corrected chi connectivity index (χ0v) is 20.4. The second-order valence-corrected chi connectivity index (χ2v) is 9.84. The van der Waals surface area contributed by atoms with Gasteiger partial charge >= 0.3 is 5.97 Å². The lowest BCUT2D eigenvalue weighted by molar-refractivity contribution is -0.134. The number of esters is 1. The van der Waals surface area contributed by atoms with E-state index < -0.39 is 0 Å². The number of anilines is 1. The van der Waals surface area contributed by atoms with Crippen molar-refractivity contribution in [3.8, 4) is 11.3 Å². The van der Waals surface area contributed by atoms with Crippen LogP contribution < -0.4 is 4.90 Å². The molecule has 3 unspecified atom stereocenters. The quantitative estimate of drug-likeness (QED) is 0.401. The molecule has 2 fully saturated rings. The predicted molar refractivity (Wildman–Crippen MR) is 135 cm³/mol. The molecule has 1 amide bonds. The fourth-order valence-electron chi connectivity index (χ4n) is 6.07. The summed E-state index contributed by atoms with van der Waals surface area (Å²) in [5, 5.41) is 0. The van der Waals surface area contributed by atoms with E-state index in [4.69, 9.17) is 9.15 Å². The molecule has 1 aliphatic carbocycles. The number of pyridine rings is 1. The van der Waals surface area contributed by atoms with Gasteiger partial charge in [0.1, 0.15) is 11.6 Å². The molecule has 2 bridgehead atoms. The standard InChI is InChI=1S/C28H30N4O4/c1-35-28(34)20-8-12-25(29-15-20)32-21-9-10-22(32)17-30(16-21)18-26(33)31-13-3-2-6-24(31)23-11-7-19-5-4-14-36-27(19)23/h2-5,7-8,11-12,14-15,21-22,24H,6,9-10,13,16-18H2,1H3. The average Bonchev–Trinajstić information content (AvgIpc) is 3.46. The Morgan fingerprint density at radius 2 is 1.92 bits per heavy atom. The number of piperazine rings is 1. The molecule has 5 aliphatic rings. The van der Waals surface area contributed by atoms with Crippen molar-refractivity contribution in [3.05, 3.63) is 72.1 Å². The van der Waals surface area contributed by atoms with E-state index in [1.54, 1.807) is 18.5 Å². The van der Waals surface area contributed by atoms with Gasteiger partial charge in [-0.2, -0.15) is 0 Å². The molecule has 8 nitrogen and oxygen atoms in total. The molecular weight excluding hydrogens is 456 g/mol. The third-order valence-electron chi connectivity index (χ3n) is 7.74. The minimum Gasteiger partial charge on any atom is -0.465 e. The lowest BCUT2D eigenvalue weighted by Gasteiger charge is -2.42. The number of hydrogen-bond donors (Lipinski definition) is 0. The van der Waals surface area contributed by atoms with Gasteiger partial charge in [-0.25, -0.2) is 9.78 Å². The summed E-state index contributed by atoms with van der Waals surface area (Å²) in [5.74, 6) is 1.53. The SMILES string of the molecule is COC(=O)c1ccc(N2C3CCC2CN(CC(=O)N2CC=CCC2c2ccc4cccoc2-4)C3)nc1. The summed E-state index contributed by atoms with van der Waals surface area (Å²) in [6.07, 6.45) is 10.5. The van der Waals surface area contributed by atoms with Gasteiger partial charge in [0.25, 0.3) is 0 Å². The highest BCUT2D eigenvalue weighted by molar-refractivity contribution is 5.89. The van der Waals surface area contributed by atoms with Crippen LogP contribution >= 0.6 is 0 Å². The molecule has 0 spiro atoms. The maximum atomic E-state index is 13.6. The molecular formula is C28H30N4O4. The van der Waals surface area contributed by atoms with Crippen molar-refractivity contribution in [2.45, 2.75) is 37.4 Å².